The first-order valence-corrected chi connectivity index (χ1v) is 11.8. The van der Waals surface area contributed by atoms with Crippen molar-refractivity contribution < 1.29 is 8.42 Å². The summed E-state index contributed by atoms with van der Waals surface area (Å²) in [6.45, 7) is 0. The van der Waals surface area contributed by atoms with E-state index < -0.39 is 10.0 Å². The van der Waals surface area contributed by atoms with Crippen molar-refractivity contribution in [1.82, 2.24) is 14.1 Å². The highest BCUT2D eigenvalue weighted by Crippen LogP contribution is 2.28. The van der Waals surface area contributed by atoms with Gasteiger partial charge in [0.2, 0.25) is 10.0 Å². The van der Waals surface area contributed by atoms with Crippen molar-refractivity contribution in [2.45, 2.75) is 15.0 Å². The molecule has 0 aliphatic carbocycles. The zero-order valence-electron chi connectivity index (χ0n) is 14.5. The number of benzene rings is 2. The molecule has 0 bridgehead atoms. The summed E-state index contributed by atoms with van der Waals surface area (Å²) in [5, 5.41) is 5.20. The molecular formula is C17H16ClN3O2S4. The second kappa shape index (κ2) is 8.42. The largest absolute Gasteiger partial charge is 0.242 e. The maximum atomic E-state index is 12.3. The summed E-state index contributed by atoms with van der Waals surface area (Å²) in [5.74, 6) is 0.597. The zero-order chi connectivity index (χ0) is 19.6. The molecule has 3 rings (SSSR count). The molecule has 5 nitrogen and oxygen atoms in total. The van der Waals surface area contributed by atoms with Gasteiger partial charge in [-0.05, 0) is 54.2 Å². The van der Waals surface area contributed by atoms with E-state index in [0.717, 1.165) is 15.6 Å². The number of hydrogen-bond acceptors (Lipinski definition) is 6. The van der Waals surface area contributed by atoms with Gasteiger partial charge in [-0.3, -0.25) is 0 Å². The molecule has 27 heavy (non-hydrogen) atoms. The van der Waals surface area contributed by atoms with Crippen molar-refractivity contribution in [3.63, 3.8) is 0 Å². The van der Waals surface area contributed by atoms with E-state index in [0.29, 0.717) is 14.7 Å². The van der Waals surface area contributed by atoms with E-state index in [9.17, 15) is 8.42 Å². The van der Waals surface area contributed by atoms with Crippen LogP contribution in [0.5, 0.6) is 0 Å². The van der Waals surface area contributed by atoms with Crippen LogP contribution < -0.4 is 0 Å². The quantitative estimate of drug-likeness (QED) is 0.391. The first kappa shape index (κ1) is 20.5. The average Bonchev–Trinajstić information content (AvgIpc) is 3.01. The van der Waals surface area contributed by atoms with E-state index in [1.807, 2.05) is 18.2 Å². The van der Waals surface area contributed by atoms with Gasteiger partial charge >= 0.3 is 0 Å². The molecule has 1 aromatic heterocycles. The SMILES string of the molecule is CN(C)S(=O)(=O)c1cccc(CSc2nn(-c3ccc(Cl)cc3)c(=S)s2)c1. The molecule has 0 amide bonds. The standard InChI is InChI=1S/C17H16ClN3O2S4/c1-20(2)27(22,23)15-5-3-4-12(10-15)11-25-16-19-21(17(24)26-16)14-8-6-13(18)7-9-14/h3-10H,11H2,1-2H3. The first-order chi connectivity index (χ1) is 12.8. The maximum absolute atomic E-state index is 12.3. The predicted molar refractivity (Wildman–Crippen MR) is 114 cm³/mol. The normalized spacial score (nSPS) is 11.9. The van der Waals surface area contributed by atoms with Crippen LogP contribution in [0.25, 0.3) is 5.69 Å². The van der Waals surface area contributed by atoms with Crippen LogP contribution in [0.15, 0.2) is 57.8 Å². The molecule has 1 heterocycles. The fourth-order valence-corrected chi connectivity index (χ4v) is 5.62. The van der Waals surface area contributed by atoms with Crippen LogP contribution in [0.2, 0.25) is 5.02 Å². The molecule has 0 saturated carbocycles. The Morgan fingerprint density at radius 1 is 1.22 bits per heavy atom. The Balaban J connectivity index is 1.77. The minimum Gasteiger partial charge on any atom is -0.211 e. The summed E-state index contributed by atoms with van der Waals surface area (Å²) in [6.07, 6.45) is 0. The lowest BCUT2D eigenvalue weighted by atomic mass is 10.2. The zero-order valence-corrected chi connectivity index (χ0v) is 18.5. The van der Waals surface area contributed by atoms with E-state index in [1.54, 1.807) is 35.0 Å². The van der Waals surface area contributed by atoms with E-state index >= 15 is 0 Å². The molecule has 2 aromatic carbocycles. The third-order valence-corrected chi connectivity index (χ3v) is 8.14. The van der Waals surface area contributed by atoms with Crippen LogP contribution in [0.4, 0.5) is 0 Å². The van der Waals surface area contributed by atoms with E-state index in [-0.39, 0.29) is 4.90 Å². The van der Waals surface area contributed by atoms with Gasteiger partial charge < -0.3 is 0 Å². The fourth-order valence-electron chi connectivity index (χ4n) is 2.22. The highest BCUT2D eigenvalue weighted by molar-refractivity contribution is 8.00. The van der Waals surface area contributed by atoms with Crippen molar-refractivity contribution in [3.05, 3.63) is 63.1 Å². The molecule has 142 valence electrons. The molecule has 0 N–H and O–H groups in total. The smallest absolute Gasteiger partial charge is 0.211 e. The number of rotatable bonds is 6. The Kier molecular flexibility index (Phi) is 6.39. The average molecular weight is 458 g/mol. The topological polar surface area (TPSA) is 55.2 Å². The van der Waals surface area contributed by atoms with Crippen molar-refractivity contribution in [2.24, 2.45) is 0 Å². The van der Waals surface area contributed by atoms with E-state index in [2.05, 4.69) is 5.10 Å². The number of thioether (sulfide) groups is 1. The van der Waals surface area contributed by atoms with Crippen LogP contribution in [0.3, 0.4) is 0 Å². The van der Waals surface area contributed by atoms with Crippen LogP contribution in [-0.2, 0) is 15.8 Å². The lowest BCUT2D eigenvalue weighted by molar-refractivity contribution is 0.520. The fraction of sp³-hybridized carbons (Fsp3) is 0.176. The van der Waals surface area contributed by atoms with Gasteiger partial charge in [0.05, 0.1) is 10.6 Å². The Hall–Kier alpha value is -1.23. The van der Waals surface area contributed by atoms with Crippen molar-refractivity contribution >= 4 is 56.9 Å². The van der Waals surface area contributed by atoms with Crippen LogP contribution in [0.1, 0.15) is 5.56 Å². The van der Waals surface area contributed by atoms with Gasteiger partial charge in [-0.15, -0.1) is 5.10 Å². The van der Waals surface area contributed by atoms with Crippen molar-refractivity contribution in [2.75, 3.05) is 14.1 Å². The summed E-state index contributed by atoms with van der Waals surface area (Å²) in [4.78, 5) is 0.282. The minimum atomic E-state index is -3.45. The monoisotopic (exact) mass is 457 g/mol. The Morgan fingerprint density at radius 3 is 2.59 bits per heavy atom. The number of aromatic nitrogens is 2. The number of halogens is 1. The second-order valence-corrected chi connectivity index (χ2v) is 11.2. The van der Waals surface area contributed by atoms with Crippen molar-refractivity contribution in [1.29, 1.82) is 0 Å². The van der Waals surface area contributed by atoms with Gasteiger partial charge in [0.1, 0.15) is 0 Å². The molecule has 0 saturated heterocycles. The molecule has 3 aromatic rings. The summed E-state index contributed by atoms with van der Waals surface area (Å²) < 4.78 is 28.9. The number of hydrogen-bond donors (Lipinski definition) is 0. The second-order valence-electron chi connectivity index (χ2n) is 5.75. The highest BCUT2D eigenvalue weighted by Gasteiger charge is 2.17. The lowest BCUT2D eigenvalue weighted by Crippen LogP contribution is -2.22. The van der Waals surface area contributed by atoms with Gasteiger partial charge in [0.25, 0.3) is 0 Å². The molecule has 0 spiro atoms. The third kappa shape index (κ3) is 4.79. The minimum absolute atomic E-state index is 0.282. The van der Waals surface area contributed by atoms with Gasteiger partial charge in [0.15, 0.2) is 8.29 Å². The van der Waals surface area contributed by atoms with Gasteiger partial charge in [-0.25, -0.2) is 17.4 Å². The van der Waals surface area contributed by atoms with E-state index in [4.69, 9.17) is 23.8 Å². The Morgan fingerprint density at radius 2 is 1.93 bits per heavy atom. The molecular weight excluding hydrogens is 442 g/mol. The van der Waals surface area contributed by atoms with Crippen LogP contribution in [0, 0.1) is 3.95 Å². The summed E-state index contributed by atoms with van der Waals surface area (Å²) in [6, 6.07) is 14.3. The molecule has 0 aliphatic rings. The predicted octanol–water partition coefficient (Wildman–Crippen LogP) is 4.86. The number of nitrogens with zero attached hydrogens (tertiary/aromatic N) is 3. The number of sulfonamides is 1. The molecule has 0 unspecified atom stereocenters. The summed E-state index contributed by atoms with van der Waals surface area (Å²) in [7, 11) is -0.403. The Labute approximate surface area is 176 Å². The van der Waals surface area contributed by atoms with Crippen LogP contribution in [-0.4, -0.2) is 36.6 Å². The van der Waals surface area contributed by atoms with Gasteiger partial charge in [-0.1, -0.05) is 46.8 Å². The van der Waals surface area contributed by atoms with E-state index in [1.165, 1.54) is 41.5 Å². The third-order valence-electron chi connectivity index (χ3n) is 3.64. The Bertz CT molecular complexity index is 1110. The molecule has 0 aliphatic heterocycles. The maximum Gasteiger partial charge on any atom is 0.242 e. The van der Waals surface area contributed by atoms with Gasteiger partial charge in [0, 0.05) is 24.9 Å². The molecule has 10 heteroatoms. The lowest BCUT2D eigenvalue weighted by Gasteiger charge is -2.12. The van der Waals surface area contributed by atoms with Crippen molar-refractivity contribution in [3.8, 4) is 5.69 Å². The molecule has 0 atom stereocenters. The summed E-state index contributed by atoms with van der Waals surface area (Å²) >= 11 is 14.3. The first-order valence-electron chi connectivity index (χ1n) is 7.78. The summed E-state index contributed by atoms with van der Waals surface area (Å²) in [5.41, 5.74) is 1.76. The highest BCUT2D eigenvalue weighted by atomic mass is 35.5. The molecule has 0 fully saturated rings. The van der Waals surface area contributed by atoms with Gasteiger partial charge in [-0.2, -0.15) is 0 Å². The van der Waals surface area contributed by atoms with Crippen LogP contribution >= 0.6 is 46.9 Å². The molecule has 0 radical (unpaired) electrons.